The third-order valence-corrected chi connectivity index (χ3v) is 5.24. The fourth-order valence-corrected chi connectivity index (χ4v) is 4.01. The topological polar surface area (TPSA) is 58.1 Å². The molecule has 142 valence electrons. The molecule has 5 nitrogen and oxygen atoms in total. The number of nitrogens with one attached hydrogen (secondary N) is 1. The molecule has 3 aromatic rings. The van der Waals surface area contributed by atoms with Crippen LogP contribution in [0.3, 0.4) is 0 Å². The molecule has 4 rings (SSSR count). The van der Waals surface area contributed by atoms with Gasteiger partial charge in [0.15, 0.2) is 0 Å². The highest BCUT2D eigenvalue weighted by Crippen LogP contribution is 2.33. The lowest BCUT2D eigenvalue weighted by Gasteiger charge is -2.22. The number of para-hydroxylation sites is 1. The summed E-state index contributed by atoms with van der Waals surface area (Å²) in [6.45, 7) is 8.27. The van der Waals surface area contributed by atoms with Crippen LogP contribution in [0.25, 0.3) is 0 Å². The number of rotatable bonds is 3. The van der Waals surface area contributed by atoms with Gasteiger partial charge < -0.3 is 10.2 Å². The van der Waals surface area contributed by atoms with Crippen molar-refractivity contribution >= 4 is 23.2 Å². The Kier molecular flexibility index (Phi) is 4.59. The number of fused-ring (bicyclic) bond motifs is 1. The summed E-state index contributed by atoms with van der Waals surface area (Å²) in [5.74, 6) is 0.424. The lowest BCUT2D eigenvalue weighted by Crippen LogP contribution is -2.35. The first-order valence-electron chi connectivity index (χ1n) is 9.52. The molecule has 1 atom stereocenters. The Morgan fingerprint density at radius 2 is 1.71 bits per heavy atom. The van der Waals surface area contributed by atoms with Gasteiger partial charge >= 0.3 is 0 Å². The Balaban J connectivity index is 1.57. The van der Waals surface area contributed by atoms with Crippen LogP contribution in [0.4, 0.5) is 17.3 Å². The van der Waals surface area contributed by atoms with Gasteiger partial charge in [0.05, 0.1) is 5.56 Å². The van der Waals surface area contributed by atoms with Crippen LogP contribution >= 0.6 is 0 Å². The lowest BCUT2D eigenvalue weighted by molar-refractivity contribution is 0.0981. The van der Waals surface area contributed by atoms with Gasteiger partial charge in [-0.1, -0.05) is 35.9 Å². The van der Waals surface area contributed by atoms with Gasteiger partial charge in [-0.25, -0.2) is 9.97 Å². The lowest BCUT2D eigenvalue weighted by atomic mass is 10.1. The molecule has 1 aliphatic rings. The van der Waals surface area contributed by atoms with Crippen molar-refractivity contribution in [3.8, 4) is 0 Å². The second kappa shape index (κ2) is 7.08. The molecule has 0 aliphatic carbocycles. The van der Waals surface area contributed by atoms with Crippen LogP contribution in [0.2, 0.25) is 0 Å². The summed E-state index contributed by atoms with van der Waals surface area (Å²) in [4.78, 5) is 23.7. The van der Waals surface area contributed by atoms with Crippen molar-refractivity contribution in [2.24, 2.45) is 0 Å². The van der Waals surface area contributed by atoms with Gasteiger partial charge in [0.1, 0.15) is 0 Å². The first-order valence-corrected chi connectivity index (χ1v) is 9.52. The monoisotopic (exact) mass is 372 g/mol. The van der Waals surface area contributed by atoms with E-state index < -0.39 is 0 Å². The molecule has 1 aromatic heterocycles. The molecule has 0 fully saturated rings. The number of amides is 1. The molecule has 5 heteroatoms. The molecule has 2 heterocycles. The Labute approximate surface area is 165 Å². The predicted octanol–water partition coefficient (Wildman–Crippen LogP) is 4.74. The van der Waals surface area contributed by atoms with Crippen LogP contribution < -0.4 is 10.2 Å². The highest BCUT2D eigenvalue weighted by molar-refractivity contribution is 6.07. The molecule has 28 heavy (non-hydrogen) atoms. The molecule has 1 aliphatic heterocycles. The van der Waals surface area contributed by atoms with E-state index >= 15 is 0 Å². The first-order chi connectivity index (χ1) is 13.4. The van der Waals surface area contributed by atoms with E-state index in [4.69, 9.17) is 0 Å². The summed E-state index contributed by atoms with van der Waals surface area (Å²) in [5.41, 5.74) is 7.19. The van der Waals surface area contributed by atoms with Crippen LogP contribution in [0.5, 0.6) is 0 Å². The summed E-state index contributed by atoms with van der Waals surface area (Å²) >= 11 is 0. The standard InChI is InChI=1S/C23H24N4O/c1-14-9-15(2)21(16(3)10-14)26-23-24-12-19(13-25-23)22(28)27-17(4)11-18-7-5-6-8-20(18)27/h5-10,12-13,17H,11H2,1-4H3,(H,24,25,26). The molecular formula is C23H24N4O. The maximum atomic E-state index is 13.1. The van der Waals surface area contributed by atoms with Gasteiger partial charge in [-0.3, -0.25) is 4.79 Å². The van der Waals surface area contributed by atoms with Gasteiger partial charge in [-0.05, 0) is 56.9 Å². The largest absolute Gasteiger partial charge is 0.324 e. The SMILES string of the molecule is Cc1cc(C)c(Nc2ncc(C(=O)N3c4ccccc4CC3C)cn2)c(C)c1. The minimum atomic E-state index is -0.0632. The van der Waals surface area contributed by atoms with Crippen molar-refractivity contribution in [1.82, 2.24) is 9.97 Å². The Hall–Kier alpha value is -3.21. The molecule has 0 bridgehead atoms. The van der Waals surface area contributed by atoms with Crippen LogP contribution in [-0.4, -0.2) is 21.9 Å². The van der Waals surface area contributed by atoms with E-state index in [2.05, 4.69) is 61.2 Å². The Bertz CT molecular complexity index is 1020. The average molecular weight is 372 g/mol. The first kappa shape index (κ1) is 18.2. The quantitative estimate of drug-likeness (QED) is 0.722. The summed E-state index contributed by atoms with van der Waals surface area (Å²) in [6, 6.07) is 12.4. The van der Waals surface area contributed by atoms with Crippen molar-refractivity contribution in [2.45, 2.75) is 40.2 Å². The number of carbonyl (C=O) groups is 1. The fraction of sp³-hybridized carbons (Fsp3) is 0.261. The van der Waals surface area contributed by atoms with Crippen molar-refractivity contribution in [3.05, 3.63) is 76.6 Å². The Morgan fingerprint density at radius 1 is 1.07 bits per heavy atom. The number of benzene rings is 2. The highest BCUT2D eigenvalue weighted by Gasteiger charge is 2.31. The number of hydrogen-bond donors (Lipinski definition) is 1. The van der Waals surface area contributed by atoms with Crippen LogP contribution in [0.15, 0.2) is 48.8 Å². The van der Waals surface area contributed by atoms with Gasteiger partial charge in [-0.15, -0.1) is 0 Å². The molecule has 0 spiro atoms. The number of hydrogen-bond acceptors (Lipinski definition) is 4. The van der Waals surface area contributed by atoms with Gasteiger partial charge in [0, 0.05) is 29.8 Å². The zero-order valence-corrected chi connectivity index (χ0v) is 16.7. The second-order valence-corrected chi connectivity index (χ2v) is 7.55. The molecule has 1 amide bonds. The number of nitrogens with zero attached hydrogens (tertiary/aromatic N) is 3. The number of carbonyl (C=O) groups excluding carboxylic acids is 1. The smallest absolute Gasteiger partial charge is 0.261 e. The van der Waals surface area contributed by atoms with Crippen LogP contribution in [-0.2, 0) is 6.42 Å². The van der Waals surface area contributed by atoms with Crippen molar-refractivity contribution in [3.63, 3.8) is 0 Å². The summed E-state index contributed by atoms with van der Waals surface area (Å²) in [6.07, 6.45) is 4.07. The minimum absolute atomic E-state index is 0.0632. The van der Waals surface area contributed by atoms with E-state index in [0.717, 1.165) is 28.9 Å². The zero-order valence-electron chi connectivity index (χ0n) is 16.7. The van der Waals surface area contributed by atoms with E-state index in [1.165, 1.54) is 11.1 Å². The van der Waals surface area contributed by atoms with Crippen molar-refractivity contribution < 1.29 is 4.79 Å². The van der Waals surface area contributed by atoms with Crippen LogP contribution in [0, 0.1) is 20.8 Å². The summed E-state index contributed by atoms with van der Waals surface area (Å²) in [7, 11) is 0. The normalized spacial score (nSPS) is 15.4. The molecule has 0 saturated carbocycles. The fourth-order valence-electron chi connectivity index (χ4n) is 4.01. The van der Waals surface area contributed by atoms with E-state index in [9.17, 15) is 4.79 Å². The number of aromatic nitrogens is 2. The predicted molar refractivity (Wildman–Crippen MR) is 112 cm³/mol. The molecule has 0 saturated heterocycles. The number of aryl methyl sites for hydroxylation is 3. The summed E-state index contributed by atoms with van der Waals surface area (Å²) < 4.78 is 0. The molecule has 1 unspecified atom stereocenters. The van der Waals surface area contributed by atoms with Crippen LogP contribution in [0.1, 0.15) is 39.5 Å². The zero-order chi connectivity index (χ0) is 19.8. The highest BCUT2D eigenvalue weighted by atomic mass is 16.2. The van der Waals surface area contributed by atoms with Gasteiger partial charge in [0.2, 0.25) is 5.95 Å². The minimum Gasteiger partial charge on any atom is -0.324 e. The Morgan fingerprint density at radius 3 is 2.39 bits per heavy atom. The molecule has 1 N–H and O–H groups in total. The van der Waals surface area contributed by atoms with E-state index in [0.29, 0.717) is 11.5 Å². The molecular weight excluding hydrogens is 348 g/mol. The van der Waals surface area contributed by atoms with E-state index in [-0.39, 0.29) is 11.9 Å². The third-order valence-electron chi connectivity index (χ3n) is 5.24. The maximum absolute atomic E-state index is 13.1. The van der Waals surface area contributed by atoms with E-state index in [1.54, 1.807) is 12.4 Å². The van der Waals surface area contributed by atoms with Crippen molar-refractivity contribution in [1.29, 1.82) is 0 Å². The third kappa shape index (κ3) is 3.24. The second-order valence-electron chi connectivity index (χ2n) is 7.55. The molecule has 2 aromatic carbocycles. The number of anilines is 3. The summed E-state index contributed by atoms with van der Waals surface area (Å²) in [5, 5.41) is 3.28. The van der Waals surface area contributed by atoms with E-state index in [1.807, 2.05) is 23.1 Å². The van der Waals surface area contributed by atoms with Crippen molar-refractivity contribution in [2.75, 3.05) is 10.2 Å². The van der Waals surface area contributed by atoms with Gasteiger partial charge in [-0.2, -0.15) is 0 Å². The van der Waals surface area contributed by atoms with Gasteiger partial charge in [0.25, 0.3) is 5.91 Å². The maximum Gasteiger partial charge on any atom is 0.261 e. The average Bonchev–Trinajstić information content (AvgIpc) is 3.00. The molecule has 0 radical (unpaired) electrons.